The van der Waals surface area contributed by atoms with E-state index in [1.807, 2.05) is 12.1 Å². The van der Waals surface area contributed by atoms with Gasteiger partial charge in [-0.2, -0.15) is 0 Å². The Morgan fingerprint density at radius 1 is 1.42 bits per heavy atom. The largest absolute Gasteiger partial charge is 0.399 e. The molecule has 0 spiro atoms. The van der Waals surface area contributed by atoms with E-state index in [2.05, 4.69) is 26.8 Å². The van der Waals surface area contributed by atoms with Gasteiger partial charge in [0, 0.05) is 5.69 Å². The molecule has 0 bridgehead atoms. The molecule has 0 fully saturated rings. The van der Waals surface area contributed by atoms with Crippen molar-refractivity contribution in [2.45, 2.75) is 33.1 Å². The molecule has 1 unspecified atom stereocenters. The van der Waals surface area contributed by atoms with Crippen molar-refractivity contribution in [3.8, 4) is 0 Å². The van der Waals surface area contributed by atoms with Gasteiger partial charge in [0.05, 0.1) is 0 Å². The molecule has 1 aromatic carbocycles. The first kappa shape index (κ1) is 9.11. The van der Waals surface area contributed by atoms with E-state index in [1.54, 1.807) is 0 Å². The van der Waals surface area contributed by atoms with E-state index >= 15 is 0 Å². The van der Waals surface area contributed by atoms with Gasteiger partial charge >= 0.3 is 0 Å². The van der Waals surface area contributed by atoms with E-state index in [1.165, 1.54) is 17.5 Å². The fourth-order valence-corrected chi connectivity index (χ4v) is 1.47. The topological polar surface area (TPSA) is 26.0 Å². The van der Waals surface area contributed by atoms with Crippen LogP contribution in [0.4, 0.5) is 5.69 Å². The Labute approximate surface area is 74.6 Å². The quantitative estimate of drug-likeness (QED) is 0.666. The molecule has 12 heavy (non-hydrogen) atoms. The standard InChI is InChI=1S/C11H17N/c1-4-8(2)11-6-5-10(12)7-9(11)3/h5-8H,4,12H2,1-3H3. The molecule has 0 amide bonds. The van der Waals surface area contributed by atoms with Crippen LogP contribution in [0.15, 0.2) is 18.2 Å². The summed E-state index contributed by atoms with van der Waals surface area (Å²) in [6.07, 6.45) is 1.19. The number of nitrogen functional groups attached to an aromatic ring is 1. The van der Waals surface area contributed by atoms with Crippen LogP contribution in [-0.4, -0.2) is 0 Å². The second-order valence-corrected chi connectivity index (χ2v) is 3.43. The fourth-order valence-electron chi connectivity index (χ4n) is 1.47. The molecule has 0 radical (unpaired) electrons. The molecular formula is C11H17N. The van der Waals surface area contributed by atoms with Crippen molar-refractivity contribution in [3.63, 3.8) is 0 Å². The van der Waals surface area contributed by atoms with Crippen LogP contribution in [-0.2, 0) is 0 Å². The highest BCUT2D eigenvalue weighted by Gasteiger charge is 2.05. The monoisotopic (exact) mass is 163 g/mol. The molecule has 1 nitrogen and oxygen atoms in total. The minimum Gasteiger partial charge on any atom is -0.399 e. The highest BCUT2D eigenvalue weighted by atomic mass is 14.5. The van der Waals surface area contributed by atoms with Gasteiger partial charge in [0.2, 0.25) is 0 Å². The van der Waals surface area contributed by atoms with Gasteiger partial charge in [-0.05, 0) is 42.5 Å². The highest BCUT2D eigenvalue weighted by molar-refractivity contribution is 5.45. The predicted molar refractivity (Wildman–Crippen MR) is 54.3 cm³/mol. The van der Waals surface area contributed by atoms with Crippen molar-refractivity contribution in [1.82, 2.24) is 0 Å². The SMILES string of the molecule is CCC(C)c1ccc(N)cc1C. The lowest BCUT2D eigenvalue weighted by Crippen LogP contribution is -1.96. The van der Waals surface area contributed by atoms with Crippen LogP contribution in [0.1, 0.15) is 37.3 Å². The van der Waals surface area contributed by atoms with E-state index in [0.717, 1.165) is 5.69 Å². The molecule has 0 aliphatic rings. The second-order valence-electron chi connectivity index (χ2n) is 3.43. The molecule has 1 heteroatoms. The highest BCUT2D eigenvalue weighted by Crippen LogP contribution is 2.23. The lowest BCUT2D eigenvalue weighted by Gasteiger charge is -2.12. The summed E-state index contributed by atoms with van der Waals surface area (Å²) in [7, 11) is 0. The Morgan fingerprint density at radius 2 is 2.08 bits per heavy atom. The molecule has 0 saturated carbocycles. The lowest BCUT2D eigenvalue weighted by molar-refractivity contribution is 0.728. The molecule has 0 aliphatic carbocycles. The lowest BCUT2D eigenvalue weighted by atomic mass is 9.94. The van der Waals surface area contributed by atoms with Crippen LogP contribution in [0.5, 0.6) is 0 Å². The summed E-state index contributed by atoms with van der Waals surface area (Å²) in [5.41, 5.74) is 9.26. The third-order valence-corrected chi connectivity index (χ3v) is 2.44. The van der Waals surface area contributed by atoms with Crippen molar-refractivity contribution in [3.05, 3.63) is 29.3 Å². The molecule has 2 N–H and O–H groups in total. The summed E-state index contributed by atoms with van der Waals surface area (Å²) in [6.45, 7) is 6.58. The Kier molecular flexibility index (Phi) is 2.74. The van der Waals surface area contributed by atoms with E-state index in [4.69, 9.17) is 5.73 Å². The van der Waals surface area contributed by atoms with Gasteiger partial charge < -0.3 is 5.73 Å². The molecule has 0 aromatic heterocycles. The van der Waals surface area contributed by atoms with Crippen LogP contribution >= 0.6 is 0 Å². The average Bonchev–Trinajstić information content (AvgIpc) is 2.03. The van der Waals surface area contributed by atoms with Crippen LogP contribution < -0.4 is 5.73 Å². The molecule has 1 rings (SSSR count). The zero-order valence-corrected chi connectivity index (χ0v) is 8.09. The van der Waals surface area contributed by atoms with Crippen LogP contribution in [0.3, 0.4) is 0 Å². The van der Waals surface area contributed by atoms with Gasteiger partial charge in [-0.3, -0.25) is 0 Å². The van der Waals surface area contributed by atoms with Gasteiger partial charge in [0.25, 0.3) is 0 Å². The molecule has 1 aromatic rings. The maximum atomic E-state index is 5.67. The number of aryl methyl sites for hydroxylation is 1. The van der Waals surface area contributed by atoms with E-state index in [-0.39, 0.29) is 0 Å². The van der Waals surface area contributed by atoms with Gasteiger partial charge in [-0.1, -0.05) is 19.9 Å². The molecular weight excluding hydrogens is 146 g/mol. The maximum Gasteiger partial charge on any atom is 0.0316 e. The van der Waals surface area contributed by atoms with Crippen molar-refractivity contribution in [1.29, 1.82) is 0 Å². The Hall–Kier alpha value is -0.980. The Balaban J connectivity index is 3.01. The third-order valence-electron chi connectivity index (χ3n) is 2.44. The van der Waals surface area contributed by atoms with Crippen molar-refractivity contribution >= 4 is 5.69 Å². The van der Waals surface area contributed by atoms with Crippen molar-refractivity contribution in [2.24, 2.45) is 0 Å². The fraction of sp³-hybridized carbons (Fsp3) is 0.455. The van der Waals surface area contributed by atoms with Crippen molar-refractivity contribution in [2.75, 3.05) is 5.73 Å². The summed E-state index contributed by atoms with van der Waals surface area (Å²) >= 11 is 0. The number of anilines is 1. The Morgan fingerprint density at radius 3 is 2.58 bits per heavy atom. The zero-order valence-electron chi connectivity index (χ0n) is 8.09. The third kappa shape index (κ3) is 1.79. The summed E-state index contributed by atoms with van der Waals surface area (Å²) in [5.74, 6) is 0.644. The van der Waals surface area contributed by atoms with Crippen LogP contribution in [0.2, 0.25) is 0 Å². The predicted octanol–water partition coefficient (Wildman–Crippen LogP) is 3.09. The van der Waals surface area contributed by atoms with E-state index < -0.39 is 0 Å². The first-order chi connectivity index (χ1) is 5.65. The molecule has 0 saturated heterocycles. The summed E-state index contributed by atoms with van der Waals surface area (Å²) in [4.78, 5) is 0. The summed E-state index contributed by atoms with van der Waals surface area (Å²) in [5, 5.41) is 0. The summed E-state index contributed by atoms with van der Waals surface area (Å²) < 4.78 is 0. The Bertz CT molecular complexity index is 266. The number of hydrogen-bond donors (Lipinski definition) is 1. The van der Waals surface area contributed by atoms with Gasteiger partial charge in [-0.25, -0.2) is 0 Å². The number of benzene rings is 1. The minimum absolute atomic E-state index is 0.644. The zero-order chi connectivity index (χ0) is 9.14. The maximum absolute atomic E-state index is 5.67. The van der Waals surface area contributed by atoms with E-state index in [9.17, 15) is 0 Å². The number of nitrogens with two attached hydrogens (primary N) is 1. The second kappa shape index (κ2) is 3.61. The first-order valence-corrected chi connectivity index (χ1v) is 4.51. The molecule has 0 heterocycles. The van der Waals surface area contributed by atoms with Gasteiger partial charge in [-0.15, -0.1) is 0 Å². The average molecular weight is 163 g/mol. The van der Waals surface area contributed by atoms with Crippen molar-refractivity contribution < 1.29 is 0 Å². The van der Waals surface area contributed by atoms with Crippen LogP contribution in [0, 0.1) is 6.92 Å². The number of hydrogen-bond acceptors (Lipinski definition) is 1. The van der Waals surface area contributed by atoms with Gasteiger partial charge in [0.1, 0.15) is 0 Å². The van der Waals surface area contributed by atoms with Gasteiger partial charge in [0.15, 0.2) is 0 Å². The van der Waals surface area contributed by atoms with Crippen LogP contribution in [0.25, 0.3) is 0 Å². The smallest absolute Gasteiger partial charge is 0.0316 e. The minimum atomic E-state index is 0.644. The molecule has 66 valence electrons. The molecule has 0 aliphatic heterocycles. The number of rotatable bonds is 2. The summed E-state index contributed by atoms with van der Waals surface area (Å²) in [6, 6.07) is 6.16. The molecule has 1 atom stereocenters. The first-order valence-electron chi connectivity index (χ1n) is 4.51. The normalized spacial score (nSPS) is 12.9. The van der Waals surface area contributed by atoms with E-state index in [0.29, 0.717) is 5.92 Å².